The quantitative estimate of drug-likeness (QED) is 0.214. The summed E-state index contributed by atoms with van der Waals surface area (Å²) >= 11 is 0. The number of para-hydroxylation sites is 2. The third-order valence-electron chi connectivity index (χ3n) is 5.54. The number of carbonyl (C=O) groups excluding carboxylic acids is 1. The van der Waals surface area contributed by atoms with Crippen LogP contribution in [0.1, 0.15) is 22.8 Å². The maximum Gasteiger partial charge on any atom is 0.343 e. The molecule has 0 atom stereocenters. The van der Waals surface area contributed by atoms with Crippen molar-refractivity contribution in [3.8, 4) is 22.9 Å². The van der Waals surface area contributed by atoms with E-state index in [0.29, 0.717) is 30.2 Å². The first-order chi connectivity index (χ1) is 16.7. The summed E-state index contributed by atoms with van der Waals surface area (Å²) in [4.78, 5) is 17.5. The Morgan fingerprint density at radius 3 is 2.38 bits per heavy atom. The zero-order valence-electron chi connectivity index (χ0n) is 18.8. The lowest BCUT2D eigenvalue weighted by molar-refractivity contribution is 0.0734. The van der Waals surface area contributed by atoms with Crippen LogP contribution in [0.15, 0.2) is 103 Å². The Labute approximate surface area is 198 Å². The summed E-state index contributed by atoms with van der Waals surface area (Å²) in [5, 5.41) is 0. The number of hydrogen-bond acceptors (Lipinski definition) is 4. The summed E-state index contributed by atoms with van der Waals surface area (Å²) in [7, 11) is 0. The number of hydrogen-bond donors (Lipinski definition) is 0. The molecule has 34 heavy (non-hydrogen) atoms. The van der Waals surface area contributed by atoms with Crippen LogP contribution in [-0.2, 0) is 6.54 Å². The molecule has 0 saturated heterocycles. The Kier molecular flexibility index (Phi) is 6.08. The summed E-state index contributed by atoms with van der Waals surface area (Å²) in [6.45, 7) is 3.15. The summed E-state index contributed by atoms with van der Waals surface area (Å²) in [6, 6.07) is 32.9. The second-order valence-corrected chi connectivity index (χ2v) is 7.87. The van der Waals surface area contributed by atoms with Gasteiger partial charge in [-0.2, -0.15) is 0 Å². The fourth-order valence-electron chi connectivity index (χ4n) is 3.94. The van der Waals surface area contributed by atoms with Crippen molar-refractivity contribution < 1.29 is 14.3 Å². The van der Waals surface area contributed by atoms with Crippen molar-refractivity contribution in [2.75, 3.05) is 6.61 Å². The van der Waals surface area contributed by atoms with Gasteiger partial charge in [0.15, 0.2) is 0 Å². The molecule has 0 amide bonds. The van der Waals surface area contributed by atoms with Gasteiger partial charge in [-0.1, -0.05) is 48.5 Å². The zero-order valence-corrected chi connectivity index (χ0v) is 18.8. The van der Waals surface area contributed by atoms with Crippen molar-refractivity contribution in [2.24, 2.45) is 0 Å². The zero-order chi connectivity index (χ0) is 23.3. The van der Waals surface area contributed by atoms with Crippen molar-refractivity contribution in [1.29, 1.82) is 0 Å². The molecule has 0 N–H and O–H groups in total. The predicted molar refractivity (Wildman–Crippen MR) is 133 cm³/mol. The van der Waals surface area contributed by atoms with Crippen LogP contribution in [0, 0.1) is 0 Å². The third-order valence-corrected chi connectivity index (χ3v) is 5.54. The molecule has 5 heteroatoms. The van der Waals surface area contributed by atoms with Gasteiger partial charge in [0.25, 0.3) is 0 Å². The van der Waals surface area contributed by atoms with Gasteiger partial charge in [-0.15, -0.1) is 0 Å². The molecule has 5 nitrogen and oxygen atoms in total. The van der Waals surface area contributed by atoms with Crippen LogP contribution in [0.25, 0.3) is 22.4 Å². The molecule has 0 aliphatic rings. The molecule has 168 valence electrons. The maximum atomic E-state index is 12.6. The Morgan fingerprint density at radius 2 is 1.59 bits per heavy atom. The summed E-state index contributed by atoms with van der Waals surface area (Å²) < 4.78 is 13.3. The molecule has 0 fully saturated rings. The van der Waals surface area contributed by atoms with E-state index in [1.54, 1.807) is 30.3 Å². The van der Waals surface area contributed by atoms with E-state index in [4.69, 9.17) is 14.5 Å². The number of ether oxygens (including phenoxy) is 2. The molecule has 1 heterocycles. The minimum absolute atomic E-state index is 0.425. The van der Waals surface area contributed by atoms with E-state index < -0.39 is 5.97 Å². The van der Waals surface area contributed by atoms with E-state index in [1.807, 2.05) is 61.5 Å². The van der Waals surface area contributed by atoms with Crippen LogP contribution in [0.5, 0.6) is 11.5 Å². The van der Waals surface area contributed by atoms with Gasteiger partial charge in [0.1, 0.15) is 17.3 Å². The lowest BCUT2D eigenvalue weighted by atomic mass is 10.2. The highest BCUT2D eigenvalue weighted by Crippen LogP contribution is 2.28. The second kappa shape index (κ2) is 9.63. The van der Waals surface area contributed by atoms with E-state index >= 15 is 0 Å². The Hall–Kier alpha value is -4.38. The topological polar surface area (TPSA) is 53.4 Å². The molecule has 4 aromatic carbocycles. The first-order valence-electron chi connectivity index (χ1n) is 11.3. The van der Waals surface area contributed by atoms with E-state index in [2.05, 4.69) is 22.8 Å². The smallest absolute Gasteiger partial charge is 0.343 e. The molecule has 5 aromatic rings. The Morgan fingerprint density at radius 1 is 0.824 bits per heavy atom. The van der Waals surface area contributed by atoms with Crippen LogP contribution in [0.4, 0.5) is 0 Å². The highest BCUT2D eigenvalue weighted by atomic mass is 16.5. The van der Waals surface area contributed by atoms with Crippen LogP contribution >= 0.6 is 0 Å². The van der Waals surface area contributed by atoms with Crippen LogP contribution in [0.3, 0.4) is 0 Å². The van der Waals surface area contributed by atoms with E-state index in [-0.39, 0.29) is 0 Å². The minimum Gasteiger partial charge on any atom is -0.494 e. The molecular weight excluding hydrogens is 424 g/mol. The predicted octanol–water partition coefficient (Wildman–Crippen LogP) is 6.37. The van der Waals surface area contributed by atoms with E-state index in [1.165, 1.54) is 5.56 Å². The van der Waals surface area contributed by atoms with Crippen molar-refractivity contribution in [1.82, 2.24) is 9.55 Å². The number of carbonyl (C=O) groups is 1. The maximum absolute atomic E-state index is 12.6. The van der Waals surface area contributed by atoms with Gasteiger partial charge in [0.2, 0.25) is 0 Å². The highest BCUT2D eigenvalue weighted by Gasteiger charge is 2.14. The van der Waals surface area contributed by atoms with Gasteiger partial charge in [-0.05, 0) is 67.1 Å². The number of nitrogens with zero attached hydrogens (tertiary/aromatic N) is 2. The number of benzene rings is 4. The number of aromatic nitrogens is 2. The van der Waals surface area contributed by atoms with Crippen molar-refractivity contribution in [2.45, 2.75) is 13.5 Å². The summed E-state index contributed by atoms with van der Waals surface area (Å²) in [5.74, 6) is 1.56. The molecule has 1 aromatic heterocycles. The van der Waals surface area contributed by atoms with E-state index in [9.17, 15) is 4.79 Å². The van der Waals surface area contributed by atoms with Crippen molar-refractivity contribution >= 4 is 17.0 Å². The summed E-state index contributed by atoms with van der Waals surface area (Å²) in [6.07, 6.45) is 0. The van der Waals surface area contributed by atoms with E-state index in [0.717, 1.165) is 22.4 Å². The normalized spacial score (nSPS) is 10.9. The number of imidazole rings is 1. The highest BCUT2D eigenvalue weighted by molar-refractivity contribution is 5.91. The number of rotatable bonds is 7. The Bertz CT molecular complexity index is 1420. The molecule has 0 bridgehead atoms. The van der Waals surface area contributed by atoms with Gasteiger partial charge < -0.3 is 14.0 Å². The second-order valence-electron chi connectivity index (χ2n) is 7.87. The largest absolute Gasteiger partial charge is 0.494 e. The average Bonchev–Trinajstić information content (AvgIpc) is 3.24. The van der Waals surface area contributed by atoms with Crippen molar-refractivity contribution in [3.63, 3.8) is 0 Å². The molecule has 5 rings (SSSR count). The third kappa shape index (κ3) is 4.55. The van der Waals surface area contributed by atoms with Crippen molar-refractivity contribution in [3.05, 3.63) is 114 Å². The minimum atomic E-state index is -0.425. The molecule has 0 spiro atoms. The fourth-order valence-corrected chi connectivity index (χ4v) is 3.94. The van der Waals surface area contributed by atoms with Gasteiger partial charge >= 0.3 is 5.97 Å². The lowest BCUT2D eigenvalue weighted by Crippen LogP contribution is -2.08. The monoisotopic (exact) mass is 448 g/mol. The van der Waals surface area contributed by atoms with Gasteiger partial charge in [-0.25, -0.2) is 9.78 Å². The first-order valence-corrected chi connectivity index (χ1v) is 11.3. The molecular formula is C29H24N2O3. The number of esters is 1. The molecule has 0 saturated carbocycles. The fraction of sp³-hybridized carbons (Fsp3) is 0.103. The lowest BCUT2D eigenvalue weighted by Gasteiger charge is -2.11. The van der Waals surface area contributed by atoms with Crippen LogP contribution < -0.4 is 9.47 Å². The average molecular weight is 449 g/mol. The van der Waals surface area contributed by atoms with Gasteiger partial charge in [0.05, 0.1) is 23.2 Å². The molecule has 0 radical (unpaired) electrons. The summed E-state index contributed by atoms with van der Waals surface area (Å²) in [5.41, 5.74) is 4.61. The molecule has 0 aliphatic carbocycles. The Balaban J connectivity index is 1.41. The SMILES string of the molecule is CCOc1cccc(C(=O)Oc2ccc(-c3nc4ccccc4n3Cc3ccccc3)cc2)c1. The molecule has 0 unspecified atom stereocenters. The van der Waals surface area contributed by atoms with Gasteiger partial charge in [-0.3, -0.25) is 0 Å². The number of fused-ring (bicyclic) bond motifs is 1. The van der Waals surface area contributed by atoms with Crippen LogP contribution in [-0.4, -0.2) is 22.1 Å². The first kappa shape index (κ1) is 21.5. The molecule has 0 aliphatic heterocycles. The van der Waals surface area contributed by atoms with Crippen LogP contribution in [0.2, 0.25) is 0 Å². The van der Waals surface area contributed by atoms with Gasteiger partial charge in [0, 0.05) is 12.1 Å². The standard InChI is InChI=1S/C29H24N2O3/c1-2-33-25-12-8-11-23(19-25)29(32)34-24-17-15-22(16-18-24)28-30-26-13-6-7-14-27(26)31(28)20-21-9-4-3-5-10-21/h3-19H,2,20H2,1H3.